The lowest BCUT2D eigenvalue weighted by Crippen LogP contribution is -2.38. The van der Waals surface area contributed by atoms with Gasteiger partial charge in [-0.25, -0.2) is 0 Å². The zero-order valence-electron chi connectivity index (χ0n) is 11.9. The van der Waals surface area contributed by atoms with Crippen LogP contribution in [0.4, 0.5) is 0 Å². The number of carbonyl (C=O) groups excluding carboxylic acids is 1. The molecule has 0 aromatic heterocycles. The first-order chi connectivity index (χ1) is 8.49. The summed E-state index contributed by atoms with van der Waals surface area (Å²) in [7, 11) is 0. The van der Waals surface area contributed by atoms with E-state index in [9.17, 15) is 4.79 Å². The minimum atomic E-state index is -0.222. The SMILES string of the molecule is CCN(CC)C(=O)[C@@]1(C)C[C@]1(C)c1ccccc1. The molecule has 1 aromatic rings. The molecule has 0 unspecified atom stereocenters. The average molecular weight is 245 g/mol. The molecule has 1 saturated carbocycles. The van der Waals surface area contributed by atoms with Crippen LogP contribution in [0.3, 0.4) is 0 Å². The van der Waals surface area contributed by atoms with E-state index in [0.717, 1.165) is 19.5 Å². The van der Waals surface area contributed by atoms with Gasteiger partial charge in [0.25, 0.3) is 0 Å². The summed E-state index contributed by atoms with van der Waals surface area (Å²) in [5.74, 6) is 0.304. The molecule has 0 heterocycles. The first-order valence-corrected chi connectivity index (χ1v) is 6.84. The minimum absolute atomic E-state index is 0.00787. The maximum absolute atomic E-state index is 12.6. The van der Waals surface area contributed by atoms with Gasteiger partial charge < -0.3 is 4.90 Å². The third-order valence-electron chi connectivity index (χ3n) is 4.73. The van der Waals surface area contributed by atoms with Crippen molar-refractivity contribution in [1.82, 2.24) is 4.90 Å². The summed E-state index contributed by atoms with van der Waals surface area (Å²) in [4.78, 5) is 14.6. The lowest BCUT2D eigenvalue weighted by atomic mass is 9.88. The highest BCUT2D eigenvalue weighted by Gasteiger charge is 2.66. The molecule has 2 heteroatoms. The lowest BCUT2D eigenvalue weighted by molar-refractivity contribution is -0.136. The second-order valence-electron chi connectivity index (χ2n) is 5.68. The smallest absolute Gasteiger partial charge is 0.229 e. The van der Waals surface area contributed by atoms with Gasteiger partial charge in [0.1, 0.15) is 0 Å². The van der Waals surface area contributed by atoms with Crippen molar-refractivity contribution in [1.29, 1.82) is 0 Å². The monoisotopic (exact) mass is 245 g/mol. The highest BCUT2D eigenvalue weighted by molar-refractivity contribution is 5.88. The fraction of sp³-hybridized carbons (Fsp3) is 0.562. The molecule has 0 bridgehead atoms. The largest absolute Gasteiger partial charge is 0.343 e. The van der Waals surface area contributed by atoms with Gasteiger partial charge in [0.05, 0.1) is 5.41 Å². The first-order valence-electron chi connectivity index (χ1n) is 6.84. The van der Waals surface area contributed by atoms with Crippen molar-refractivity contribution in [3.63, 3.8) is 0 Å². The van der Waals surface area contributed by atoms with Crippen LogP contribution in [0.25, 0.3) is 0 Å². The Morgan fingerprint density at radius 1 is 1.17 bits per heavy atom. The molecule has 1 aromatic carbocycles. The third kappa shape index (κ3) is 1.75. The maximum Gasteiger partial charge on any atom is 0.229 e. The van der Waals surface area contributed by atoms with Gasteiger partial charge in [-0.3, -0.25) is 4.79 Å². The molecule has 1 aliphatic carbocycles. The van der Waals surface area contributed by atoms with Gasteiger partial charge >= 0.3 is 0 Å². The number of hydrogen-bond acceptors (Lipinski definition) is 1. The highest BCUT2D eigenvalue weighted by Crippen LogP contribution is 2.65. The molecular weight excluding hydrogens is 222 g/mol. The molecule has 2 nitrogen and oxygen atoms in total. The second-order valence-corrected chi connectivity index (χ2v) is 5.68. The molecule has 1 amide bonds. The van der Waals surface area contributed by atoms with Crippen LogP contribution < -0.4 is 0 Å². The molecule has 0 spiro atoms. The Kier molecular flexibility index (Phi) is 3.22. The zero-order valence-corrected chi connectivity index (χ0v) is 11.9. The van der Waals surface area contributed by atoms with Gasteiger partial charge in [0.15, 0.2) is 0 Å². The van der Waals surface area contributed by atoms with E-state index in [-0.39, 0.29) is 10.8 Å². The van der Waals surface area contributed by atoms with Gasteiger partial charge in [-0.1, -0.05) is 37.3 Å². The van der Waals surface area contributed by atoms with E-state index < -0.39 is 0 Å². The molecule has 98 valence electrons. The Morgan fingerprint density at radius 3 is 2.22 bits per heavy atom. The van der Waals surface area contributed by atoms with E-state index in [2.05, 4.69) is 38.1 Å². The molecule has 0 N–H and O–H groups in total. The maximum atomic E-state index is 12.6. The molecule has 18 heavy (non-hydrogen) atoms. The van der Waals surface area contributed by atoms with E-state index in [4.69, 9.17) is 0 Å². The number of carbonyl (C=O) groups is 1. The van der Waals surface area contributed by atoms with E-state index in [1.165, 1.54) is 5.56 Å². The Hall–Kier alpha value is -1.31. The Bertz CT molecular complexity index is 438. The topological polar surface area (TPSA) is 20.3 Å². The van der Waals surface area contributed by atoms with Gasteiger partial charge in [-0.15, -0.1) is 0 Å². The molecule has 2 rings (SSSR count). The van der Waals surface area contributed by atoms with E-state index in [1.54, 1.807) is 0 Å². The quantitative estimate of drug-likeness (QED) is 0.797. The van der Waals surface area contributed by atoms with Crippen molar-refractivity contribution in [3.8, 4) is 0 Å². The number of rotatable bonds is 4. The summed E-state index contributed by atoms with van der Waals surface area (Å²) in [6.07, 6.45) is 0.958. The van der Waals surface area contributed by atoms with Gasteiger partial charge in [-0.2, -0.15) is 0 Å². The van der Waals surface area contributed by atoms with Crippen molar-refractivity contribution in [2.24, 2.45) is 5.41 Å². The Balaban J connectivity index is 2.24. The van der Waals surface area contributed by atoms with Gasteiger partial charge in [-0.05, 0) is 32.8 Å². The standard InChI is InChI=1S/C16H23NO/c1-5-17(6-2)14(18)16(4)12-15(16,3)13-10-8-7-9-11-13/h7-11H,5-6,12H2,1-4H3/t15-,16-/m1/s1. The number of nitrogens with zero attached hydrogens (tertiary/aromatic N) is 1. The normalized spacial score (nSPS) is 30.0. The molecule has 0 radical (unpaired) electrons. The fourth-order valence-corrected chi connectivity index (χ4v) is 3.06. The van der Waals surface area contributed by atoms with Crippen LogP contribution in [-0.2, 0) is 10.2 Å². The minimum Gasteiger partial charge on any atom is -0.343 e. The predicted octanol–water partition coefficient (Wildman–Crippen LogP) is 3.22. The van der Waals surface area contributed by atoms with Crippen LogP contribution in [0.15, 0.2) is 30.3 Å². The summed E-state index contributed by atoms with van der Waals surface area (Å²) in [5, 5.41) is 0. The van der Waals surface area contributed by atoms with Crippen molar-refractivity contribution < 1.29 is 4.79 Å². The molecule has 1 aliphatic rings. The van der Waals surface area contributed by atoms with Crippen LogP contribution in [-0.4, -0.2) is 23.9 Å². The Labute approximate surface area is 110 Å². The van der Waals surface area contributed by atoms with Crippen LogP contribution >= 0.6 is 0 Å². The molecular formula is C16H23NO. The fourth-order valence-electron chi connectivity index (χ4n) is 3.06. The van der Waals surface area contributed by atoms with Crippen LogP contribution in [0, 0.1) is 5.41 Å². The zero-order chi connectivity index (χ0) is 13.4. The predicted molar refractivity (Wildman–Crippen MR) is 74.4 cm³/mol. The number of hydrogen-bond donors (Lipinski definition) is 0. The van der Waals surface area contributed by atoms with Crippen molar-refractivity contribution >= 4 is 5.91 Å². The average Bonchev–Trinajstić information content (AvgIpc) is 2.97. The Morgan fingerprint density at radius 2 is 1.72 bits per heavy atom. The molecule has 0 saturated heterocycles. The van der Waals surface area contributed by atoms with Gasteiger partial charge in [0.2, 0.25) is 5.91 Å². The summed E-state index contributed by atoms with van der Waals surface area (Å²) >= 11 is 0. The third-order valence-corrected chi connectivity index (χ3v) is 4.73. The van der Waals surface area contributed by atoms with Crippen molar-refractivity contribution in [3.05, 3.63) is 35.9 Å². The molecule has 2 atom stereocenters. The summed E-state index contributed by atoms with van der Waals surface area (Å²) in [6, 6.07) is 10.4. The number of amides is 1. The summed E-state index contributed by atoms with van der Waals surface area (Å²) in [6.45, 7) is 10.0. The van der Waals surface area contributed by atoms with Crippen LogP contribution in [0.1, 0.15) is 39.7 Å². The highest BCUT2D eigenvalue weighted by atomic mass is 16.2. The molecule has 0 aliphatic heterocycles. The first kappa shape index (κ1) is 13.1. The van der Waals surface area contributed by atoms with Gasteiger partial charge in [0, 0.05) is 18.5 Å². The second kappa shape index (κ2) is 4.42. The van der Waals surface area contributed by atoms with E-state index in [1.807, 2.05) is 24.8 Å². The van der Waals surface area contributed by atoms with Crippen molar-refractivity contribution in [2.75, 3.05) is 13.1 Å². The summed E-state index contributed by atoms with van der Waals surface area (Å²) < 4.78 is 0. The summed E-state index contributed by atoms with van der Waals surface area (Å²) in [5.41, 5.74) is 1.07. The molecule has 1 fully saturated rings. The van der Waals surface area contributed by atoms with Crippen molar-refractivity contribution in [2.45, 2.75) is 39.5 Å². The van der Waals surface area contributed by atoms with E-state index in [0.29, 0.717) is 5.91 Å². The van der Waals surface area contributed by atoms with Crippen LogP contribution in [0.2, 0.25) is 0 Å². The van der Waals surface area contributed by atoms with E-state index >= 15 is 0 Å². The van der Waals surface area contributed by atoms with Crippen LogP contribution in [0.5, 0.6) is 0 Å². The number of benzene rings is 1. The lowest BCUT2D eigenvalue weighted by Gasteiger charge is -2.26.